The SMILES string of the molecule is Nc1cccc(S[C@H]2CC(=O)N(c3ccc(I)cc3)C2=O)c1. The number of anilines is 2. The molecule has 1 fully saturated rings. The molecule has 0 radical (unpaired) electrons. The van der Waals surface area contributed by atoms with Gasteiger partial charge >= 0.3 is 0 Å². The molecule has 1 aliphatic heterocycles. The molecule has 1 atom stereocenters. The Labute approximate surface area is 146 Å². The van der Waals surface area contributed by atoms with Gasteiger partial charge in [0, 0.05) is 20.6 Å². The first-order valence-corrected chi connectivity index (χ1v) is 8.65. The van der Waals surface area contributed by atoms with Gasteiger partial charge in [-0.2, -0.15) is 0 Å². The molecule has 2 aromatic carbocycles. The van der Waals surface area contributed by atoms with Gasteiger partial charge < -0.3 is 5.73 Å². The van der Waals surface area contributed by atoms with Gasteiger partial charge in [0.2, 0.25) is 11.8 Å². The molecule has 22 heavy (non-hydrogen) atoms. The first kappa shape index (κ1) is 15.4. The Bertz CT molecular complexity index is 733. The predicted octanol–water partition coefficient (Wildman–Crippen LogP) is 3.30. The highest BCUT2D eigenvalue weighted by molar-refractivity contribution is 14.1. The molecular weight excluding hydrogens is 411 g/mol. The number of nitrogens with two attached hydrogens (primary N) is 1. The zero-order valence-corrected chi connectivity index (χ0v) is 14.5. The Morgan fingerprint density at radius 3 is 2.55 bits per heavy atom. The minimum atomic E-state index is -0.395. The second-order valence-corrected chi connectivity index (χ2v) is 7.45. The van der Waals surface area contributed by atoms with Crippen LogP contribution in [-0.4, -0.2) is 17.1 Å². The van der Waals surface area contributed by atoms with Gasteiger partial charge in [0.05, 0.1) is 10.9 Å². The molecule has 4 nitrogen and oxygen atoms in total. The second kappa shape index (κ2) is 6.29. The Hall–Kier alpha value is -1.54. The second-order valence-electron chi connectivity index (χ2n) is 4.93. The van der Waals surface area contributed by atoms with E-state index in [0.29, 0.717) is 11.4 Å². The van der Waals surface area contributed by atoms with Crippen molar-refractivity contribution >= 4 is 57.5 Å². The highest BCUT2D eigenvalue weighted by atomic mass is 127. The van der Waals surface area contributed by atoms with E-state index in [0.717, 1.165) is 8.47 Å². The van der Waals surface area contributed by atoms with Crippen molar-refractivity contribution in [1.82, 2.24) is 0 Å². The number of hydrogen-bond donors (Lipinski definition) is 1. The first-order valence-electron chi connectivity index (χ1n) is 6.69. The molecule has 6 heteroatoms. The van der Waals surface area contributed by atoms with E-state index in [4.69, 9.17) is 5.73 Å². The molecule has 0 aliphatic carbocycles. The number of imide groups is 1. The Morgan fingerprint density at radius 1 is 1.14 bits per heavy atom. The summed E-state index contributed by atoms with van der Waals surface area (Å²) in [7, 11) is 0. The molecule has 1 aliphatic rings. The summed E-state index contributed by atoms with van der Waals surface area (Å²) in [5, 5.41) is -0.395. The highest BCUT2D eigenvalue weighted by Gasteiger charge is 2.40. The van der Waals surface area contributed by atoms with Crippen LogP contribution in [-0.2, 0) is 9.59 Å². The van der Waals surface area contributed by atoms with Crippen LogP contribution in [0.4, 0.5) is 11.4 Å². The van der Waals surface area contributed by atoms with Crippen LogP contribution in [0.2, 0.25) is 0 Å². The van der Waals surface area contributed by atoms with Crippen LogP contribution < -0.4 is 10.6 Å². The van der Waals surface area contributed by atoms with E-state index >= 15 is 0 Å². The lowest BCUT2D eigenvalue weighted by atomic mass is 10.3. The van der Waals surface area contributed by atoms with Crippen molar-refractivity contribution in [2.45, 2.75) is 16.6 Å². The Morgan fingerprint density at radius 2 is 1.86 bits per heavy atom. The smallest absolute Gasteiger partial charge is 0.247 e. The fourth-order valence-electron chi connectivity index (χ4n) is 2.31. The first-order chi connectivity index (χ1) is 10.5. The average Bonchev–Trinajstić information content (AvgIpc) is 2.75. The van der Waals surface area contributed by atoms with Crippen LogP contribution in [0.3, 0.4) is 0 Å². The summed E-state index contributed by atoms with van der Waals surface area (Å²) < 4.78 is 1.06. The topological polar surface area (TPSA) is 63.4 Å². The third-order valence-corrected chi connectivity index (χ3v) is 5.22. The van der Waals surface area contributed by atoms with Crippen LogP contribution in [0.25, 0.3) is 0 Å². The molecule has 2 aromatic rings. The van der Waals surface area contributed by atoms with Crippen LogP contribution in [0.5, 0.6) is 0 Å². The van der Waals surface area contributed by atoms with Crippen molar-refractivity contribution in [2.24, 2.45) is 0 Å². The van der Waals surface area contributed by atoms with E-state index in [1.54, 1.807) is 18.2 Å². The number of benzene rings is 2. The van der Waals surface area contributed by atoms with Gasteiger partial charge in [0.1, 0.15) is 0 Å². The molecule has 0 saturated carbocycles. The van der Waals surface area contributed by atoms with Crippen molar-refractivity contribution in [3.05, 3.63) is 52.1 Å². The highest BCUT2D eigenvalue weighted by Crippen LogP contribution is 2.34. The number of halogens is 1. The minimum Gasteiger partial charge on any atom is -0.399 e. The molecule has 1 saturated heterocycles. The van der Waals surface area contributed by atoms with E-state index in [2.05, 4.69) is 22.6 Å². The molecule has 0 aromatic heterocycles. The Kier molecular flexibility index (Phi) is 4.39. The van der Waals surface area contributed by atoms with Crippen LogP contribution >= 0.6 is 34.4 Å². The van der Waals surface area contributed by atoms with E-state index < -0.39 is 5.25 Å². The lowest BCUT2D eigenvalue weighted by molar-refractivity contribution is -0.121. The molecule has 1 heterocycles. The van der Waals surface area contributed by atoms with Crippen molar-refractivity contribution in [1.29, 1.82) is 0 Å². The fraction of sp³-hybridized carbons (Fsp3) is 0.125. The molecule has 2 N–H and O–H groups in total. The maximum Gasteiger partial charge on any atom is 0.247 e. The number of rotatable bonds is 3. The third kappa shape index (κ3) is 3.12. The molecule has 0 bridgehead atoms. The minimum absolute atomic E-state index is 0.160. The molecule has 2 amide bonds. The number of nitrogens with zero attached hydrogens (tertiary/aromatic N) is 1. The average molecular weight is 424 g/mol. The normalized spacial score (nSPS) is 18.0. The summed E-state index contributed by atoms with van der Waals surface area (Å²) in [6, 6.07) is 14.7. The van der Waals surface area contributed by atoms with Gasteiger partial charge in [0.15, 0.2) is 0 Å². The van der Waals surface area contributed by atoms with Crippen LogP contribution in [0.1, 0.15) is 6.42 Å². The van der Waals surface area contributed by atoms with Crippen LogP contribution in [0, 0.1) is 3.57 Å². The lowest BCUT2D eigenvalue weighted by Gasteiger charge is -2.15. The fourth-order valence-corrected chi connectivity index (χ4v) is 3.79. The summed E-state index contributed by atoms with van der Waals surface area (Å²) in [4.78, 5) is 26.9. The summed E-state index contributed by atoms with van der Waals surface area (Å²) in [5.74, 6) is -0.328. The Balaban J connectivity index is 1.81. The maximum atomic E-state index is 12.5. The quantitative estimate of drug-likeness (QED) is 0.467. The van der Waals surface area contributed by atoms with Gasteiger partial charge in [0.25, 0.3) is 0 Å². The lowest BCUT2D eigenvalue weighted by Crippen LogP contribution is -2.31. The van der Waals surface area contributed by atoms with Crippen LogP contribution in [0.15, 0.2) is 53.4 Å². The van der Waals surface area contributed by atoms with E-state index in [9.17, 15) is 9.59 Å². The van der Waals surface area contributed by atoms with Gasteiger partial charge in [-0.15, -0.1) is 11.8 Å². The number of nitrogen functional groups attached to an aromatic ring is 1. The summed E-state index contributed by atoms with van der Waals surface area (Å²) >= 11 is 3.57. The zero-order chi connectivity index (χ0) is 15.7. The van der Waals surface area contributed by atoms with Crippen molar-refractivity contribution in [3.63, 3.8) is 0 Å². The van der Waals surface area contributed by atoms with Gasteiger partial charge in [-0.25, -0.2) is 4.90 Å². The van der Waals surface area contributed by atoms with Gasteiger partial charge in [-0.1, -0.05) is 6.07 Å². The number of carbonyl (C=O) groups is 2. The van der Waals surface area contributed by atoms with Gasteiger partial charge in [-0.05, 0) is 65.1 Å². The molecule has 0 unspecified atom stereocenters. The maximum absolute atomic E-state index is 12.5. The third-order valence-electron chi connectivity index (χ3n) is 3.33. The summed E-state index contributed by atoms with van der Waals surface area (Å²) in [6.45, 7) is 0. The number of carbonyl (C=O) groups excluding carboxylic acids is 2. The number of thioether (sulfide) groups is 1. The van der Waals surface area contributed by atoms with E-state index in [-0.39, 0.29) is 18.2 Å². The summed E-state index contributed by atoms with van der Waals surface area (Å²) in [6.07, 6.45) is 0.213. The predicted molar refractivity (Wildman–Crippen MR) is 96.8 cm³/mol. The van der Waals surface area contributed by atoms with E-state index in [1.807, 2.05) is 30.3 Å². The van der Waals surface area contributed by atoms with E-state index in [1.165, 1.54) is 16.7 Å². The van der Waals surface area contributed by atoms with Crippen molar-refractivity contribution in [2.75, 3.05) is 10.6 Å². The van der Waals surface area contributed by atoms with Crippen molar-refractivity contribution in [3.8, 4) is 0 Å². The number of hydrogen-bond acceptors (Lipinski definition) is 4. The molecule has 3 rings (SSSR count). The monoisotopic (exact) mass is 424 g/mol. The van der Waals surface area contributed by atoms with Gasteiger partial charge in [-0.3, -0.25) is 9.59 Å². The standard InChI is InChI=1S/C16H13IN2O2S/c17-10-4-6-12(7-5-10)19-15(20)9-14(16(19)21)22-13-3-1-2-11(18)8-13/h1-8,14H,9,18H2/t14-/m0/s1. The number of amides is 2. The molecule has 112 valence electrons. The molecular formula is C16H13IN2O2S. The summed E-state index contributed by atoms with van der Waals surface area (Å²) in [5.41, 5.74) is 7.03. The zero-order valence-electron chi connectivity index (χ0n) is 11.5. The van der Waals surface area contributed by atoms with Crippen molar-refractivity contribution < 1.29 is 9.59 Å². The largest absolute Gasteiger partial charge is 0.399 e. The molecule has 0 spiro atoms.